The second-order valence-corrected chi connectivity index (χ2v) is 5.01. The zero-order valence-corrected chi connectivity index (χ0v) is 12.7. The Hall–Kier alpha value is -0.360. The summed E-state index contributed by atoms with van der Waals surface area (Å²) < 4.78 is 10.3. The van der Waals surface area contributed by atoms with Crippen molar-refractivity contribution in [1.82, 2.24) is 5.32 Å². The van der Waals surface area contributed by atoms with E-state index in [1.54, 1.807) is 7.11 Å². The first-order valence-corrected chi connectivity index (χ1v) is 6.76. The second kappa shape index (κ2) is 10.4. The van der Waals surface area contributed by atoms with Crippen LogP contribution in [0.3, 0.4) is 0 Å². The fraction of sp³-hybridized carbons (Fsp3) is 0.923. The summed E-state index contributed by atoms with van der Waals surface area (Å²) in [6.07, 6.45) is 3.15. The predicted molar refractivity (Wildman–Crippen MR) is 77.4 cm³/mol. The molecule has 1 saturated carbocycles. The normalized spacial score (nSPS) is 23.7. The lowest BCUT2D eigenvalue weighted by Crippen LogP contribution is -2.41. The van der Waals surface area contributed by atoms with Crippen LogP contribution in [-0.2, 0) is 14.3 Å². The minimum absolute atomic E-state index is 0. The molecule has 1 aliphatic rings. The summed E-state index contributed by atoms with van der Waals surface area (Å²) in [4.78, 5) is 12.1. The maximum absolute atomic E-state index is 12.1. The number of carbonyl (C=O) groups excluding carboxylic acids is 1. The van der Waals surface area contributed by atoms with E-state index in [2.05, 4.69) is 5.32 Å². The van der Waals surface area contributed by atoms with Gasteiger partial charge in [-0.1, -0.05) is 6.42 Å². The summed E-state index contributed by atoms with van der Waals surface area (Å²) in [6.45, 7) is 4.23. The Morgan fingerprint density at radius 1 is 1.42 bits per heavy atom. The van der Waals surface area contributed by atoms with Gasteiger partial charge in [-0.2, -0.15) is 0 Å². The molecular weight excluding hydrogens is 268 g/mol. The molecule has 0 radical (unpaired) electrons. The largest absolute Gasteiger partial charge is 0.382 e. The van der Waals surface area contributed by atoms with Crippen LogP contribution in [0.4, 0.5) is 0 Å². The predicted octanol–water partition coefficient (Wildman–Crippen LogP) is 0.951. The molecule has 1 unspecified atom stereocenters. The summed E-state index contributed by atoms with van der Waals surface area (Å²) in [6, 6.07) is 0.0355. The summed E-state index contributed by atoms with van der Waals surface area (Å²) in [5.74, 6) is 0.578. The van der Waals surface area contributed by atoms with E-state index in [1.807, 2.05) is 6.92 Å². The molecule has 0 saturated heterocycles. The lowest BCUT2D eigenvalue weighted by atomic mass is 9.95. The number of amides is 1. The number of hydrogen-bond acceptors (Lipinski definition) is 4. The van der Waals surface area contributed by atoms with E-state index in [9.17, 15) is 4.79 Å². The van der Waals surface area contributed by atoms with Gasteiger partial charge < -0.3 is 20.5 Å². The van der Waals surface area contributed by atoms with Gasteiger partial charge in [0.15, 0.2) is 0 Å². The second-order valence-electron chi connectivity index (χ2n) is 5.01. The van der Waals surface area contributed by atoms with Crippen molar-refractivity contribution in [2.24, 2.45) is 17.6 Å². The molecule has 6 heteroatoms. The van der Waals surface area contributed by atoms with Gasteiger partial charge in [-0.25, -0.2) is 0 Å². The first-order chi connectivity index (χ1) is 8.69. The Bertz CT molecular complexity index is 254. The smallest absolute Gasteiger partial charge is 0.223 e. The van der Waals surface area contributed by atoms with Crippen molar-refractivity contribution in [2.75, 3.05) is 33.5 Å². The van der Waals surface area contributed by atoms with E-state index in [4.69, 9.17) is 15.2 Å². The van der Waals surface area contributed by atoms with E-state index in [-0.39, 0.29) is 30.3 Å². The quantitative estimate of drug-likeness (QED) is 0.654. The number of halogens is 1. The average Bonchev–Trinajstić information content (AvgIpc) is 2.83. The van der Waals surface area contributed by atoms with Crippen molar-refractivity contribution in [3.63, 3.8) is 0 Å². The van der Waals surface area contributed by atoms with E-state index >= 15 is 0 Å². The first-order valence-electron chi connectivity index (χ1n) is 6.76. The van der Waals surface area contributed by atoms with E-state index in [1.165, 1.54) is 0 Å². The Balaban J connectivity index is 0.00000324. The van der Waals surface area contributed by atoms with Crippen molar-refractivity contribution < 1.29 is 14.3 Å². The highest BCUT2D eigenvalue weighted by Gasteiger charge is 2.32. The van der Waals surface area contributed by atoms with Crippen molar-refractivity contribution in [3.05, 3.63) is 0 Å². The van der Waals surface area contributed by atoms with Crippen molar-refractivity contribution >= 4 is 18.3 Å². The van der Waals surface area contributed by atoms with Crippen LogP contribution in [0.2, 0.25) is 0 Å². The molecule has 1 aliphatic carbocycles. The molecular formula is C13H27ClN2O3. The van der Waals surface area contributed by atoms with Gasteiger partial charge in [0.1, 0.15) is 0 Å². The number of methoxy groups -OCH3 is 1. The van der Waals surface area contributed by atoms with Crippen LogP contribution in [0.15, 0.2) is 0 Å². The van der Waals surface area contributed by atoms with E-state index in [0.29, 0.717) is 32.3 Å². The highest BCUT2D eigenvalue weighted by molar-refractivity contribution is 5.85. The van der Waals surface area contributed by atoms with Crippen LogP contribution < -0.4 is 11.1 Å². The molecule has 1 fully saturated rings. The molecule has 0 aliphatic heterocycles. The van der Waals surface area contributed by atoms with E-state index < -0.39 is 0 Å². The molecule has 0 aromatic carbocycles. The summed E-state index contributed by atoms with van der Waals surface area (Å²) in [5, 5.41) is 3.00. The van der Waals surface area contributed by atoms with Gasteiger partial charge in [0.05, 0.1) is 19.8 Å². The molecule has 19 heavy (non-hydrogen) atoms. The Morgan fingerprint density at radius 2 is 2.16 bits per heavy atom. The van der Waals surface area contributed by atoms with E-state index in [0.717, 1.165) is 19.3 Å². The Kier molecular flexibility index (Phi) is 10.2. The van der Waals surface area contributed by atoms with Crippen LogP contribution in [-0.4, -0.2) is 45.4 Å². The zero-order chi connectivity index (χ0) is 13.4. The van der Waals surface area contributed by atoms with Gasteiger partial charge in [0.25, 0.3) is 0 Å². The SMILES string of the molecule is COCCOCC(C)NC(=O)[C@@H]1CCC[C@@H]1CN.Cl. The van der Waals surface area contributed by atoms with Crippen LogP contribution in [0, 0.1) is 11.8 Å². The molecule has 114 valence electrons. The molecule has 0 aromatic heterocycles. The molecule has 3 N–H and O–H groups in total. The third-order valence-electron chi connectivity index (χ3n) is 3.49. The van der Waals surface area contributed by atoms with Gasteiger partial charge in [0.2, 0.25) is 5.91 Å². The van der Waals surface area contributed by atoms with Crippen molar-refractivity contribution in [2.45, 2.75) is 32.2 Å². The molecule has 5 nitrogen and oxygen atoms in total. The van der Waals surface area contributed by atoms with Crippen molar-refractivity contribution in [3.8, 4) is 0 Å². The highest BCUT2D eigenvalue weighted by atomic mass is 35.5. The van der Waals surface area contributed by atoms with Gasteiger partial charge in [-0.15, -0.1) is 12.4 Å². The first kappa shape index (κ1) is 18.6. The van der Waals surface area contributed by atoms with Crippen molar-refractivity contribution in [1.29, 1.82) is 0 Å². The zero-order valence-electron chi connectivity index (χ0n) is 11.9. The molecule has 0 heterocycles. The number of hydrogen-bond donors (Lipinski definition) is 2. The molecule has 3 atom stereocenters. The lowest BCUT2D eigenvalue weighted by Gasteiger charge is -2.20. The molecule has 0 aromatic rings. The maximum Gasteiger partial charge on any atom is 0.223 e. The number of rotatable bonds is 8. The summed E-state index contributed by atoms with van der Waals surface area (Å²) in [7, 11) is 1.64. The third-order valence-corrected chi connectivity index (χ3v) is 3.49. The average molecular weight is 295 g/mol. The van der Waals surface area contributed by atoms with Gasteiger partial charge in [0, 0.05) is 19.1 Å². The number of nitrogens with one attached hydrogen (secondary N) is 1. The molecule has 1 amide bonds. The standard InChI is InChI=1S/C13H26N2O3.ClH/c1-10(9-18-7-6-17-2)15-13(16)12-5-3-4-11(12)8-14;/h10-12H,3-9,14H2,1-2H3,(H,15,16);1H/t10?,11-,12-;/m1./s1. The highest BCUT2D eigenvalue weighted by Crippen LogP contribution is 2.30. The number of ether oxygens (including phenoxy) is 2. The number of carbonyl (C=O) groups is 1. The van der Waals surface area contributed by atoms with Crippen LogP contribution in [0.25, 0.3) is 0 Å². The third kappa shape index (κ3) is 6.56. The summed E-state index contributed by atoms with van der Waals surface area (Å²) in [5.41, 5.74) is 5.69. The fourth-order valence-electron chi connectivity index (χ4n) is 2.46. The van der Waals surface area contributed by atoms with Gasteiger partial charge >= 0.3 is 0 Å². The minimum atomic E-state index is 0. The fourth-order valence-corrected chi connectivity index (χ4v) is 2.46. The Morgan fingerprint density at radius 3 is 2.79 bits per heavy atom. The van der Waals surface area contributed by atoms with Crippen LogP contribution in [0.5, 0.6) is 0 Å². The van der Waals surface area contributed by atoms with Crippen LogP contribution in [0.1, 0.15) is 26.2 Å². The molecule has 0 bridgehead atoms. The Labute approximate surface area is 122 Å². The van der Waals surface area contributed by atoms with Gasteiger partial charge in [-0.3, -0.25) is 4.79 Å². The minimum Gasteiger partial charge on any atom is -0.382 e. The topological polar surface area (TPSA) is 73.6 Å². The number of nitrogens with two attached hydrogens (primary N) is 1. The monoisotopic (exact) mass is 294 g/mol. The van der Waals surface area contributed by atoms with Crippen LogP contribution >= 0.6 is 12.4 Å². The maximum atomic E-state index is 12.1. The lowest BCUT2D eigenvalue weighted by molar-refractivity contribution is -0.127. The molecule has 0 spiro atoms. The molecule has 1 rings (SSSR count). The van der Waals surface area contributed by atoms with Gasteiger partial charge in [-0.05, 0) is 32.2 Å². The summed E-state index contributed by atoms with van der Waals surface area (Å²) >= 11 is 0.